The number of phenolic OH excluding ortho intramolecular Hbond substituents is 1. The molecule has 3 fully saturated rings. The summed E-state index contributed by atoms with van der Waals surface area (Å²) in [7, 11) is 0. The molecule has 0 saturated carbocycles. The third-order valence-corrected chi connectivity index (χ3v) is 8.65. The van der Waals surface area contributed by atoms with Crippen molar-refractivity contribution < 1.29 is 19.1 Å². The van der Waals surface area contributed by atoms with Crippen LogP contribution in [0.1, 0.15) is 48.0 Å². The number of nitrogens with one attached hydrogen (secondary N) is 1. The minimum absolute atomic E-state index is 0.0154. The fourth-order valence-corrected chi connectivity index (χ4v) is 6.64. The Balaban J connectivity index is 1.03. The van der Waals surface area contributed by atoms with Crippen LogP contribution in [0.3, 0.4) is 0 Å². The predicted octanol–water partition coefficient (Wildman–Crippen LogP) is 4.74. The van der Waals surface area contributed by atoms with Gasteiger partial charge in [-0.3, -0.25) is 9.69 Å². The van der Waals surface area contributed by atoms with Gasteiger partial charge in [0.1, 0.15) is 11.6 Å². The van der Waals surface area contributed by atoms with Gasteiger partial charge in [0, 0.05) is 50.8 Å². The number of amides is 3. The lowest BCUT2D eigenvalue weighted by molar-refractivity contribution is 0.0758. The molecule has 3 heterocycles. The Hall–Kier alpha value is -3.65. The van der Waals surface area contributed by atoms with Crippen LogP contribution in [0.15, 0.2) is 60.7 Å². The van der Waals surface area contributed by atoms with Crippen LogP contribution in [0.25, 0.3) is 10.8 Å². The molecular weight excluding hydrogens is 495 g/mol. The van der Waals surface area contributed by atoms with E-state index in [1.165, 1.54) is 17.7 Å². The normalized spacial score (nSPS) is 23.6. The number of para-hydroxylation sites is 1. The Bertz CT molecular complexity index is 1370. The first-order chi connectivity index (χ1) is 18.9. The summed E-state index contributed by atoms with van der Waals surface area (Å²) in [5.41, 5.74) is 1.54. The number of fused-ring (bicyclic) bond motifs is 3. The van der Waals surface area contributed by atoms with Crippen LogP contribution >= 0.6 is 0 Å². The standard InChI is InChI=1S/C31H35FN4O3/c32-24-9-8-22-16-21(6-7-23(22)17-24)20-36-26-10-11-27(36)19-25(18-26)33-31(39)35-13-3-12-34(14-15-35)30(38)28-4-1-2-5-29(28)37/h1-2,4-9,16-17,25-27,37H,3,10-15,18-20H2,(H,33,39)/t25?,26-,27+. The van der Waals surface area contributed by atoms with Crippen molar-refractivity contribution in [3.8, 4) is 5.75 Å². The summed E-state index contributed by atoms with van der Waals surface area (Å²) < 4.78 is 13.5. The largest absolute Gasteiger partial charge is 0.507 e. The molecule has 0 radical (unpaired) electrons. The fourth-order valence-electron chi connectivity index (χ4n) is 6.64. The summed E-state index contributed by atoms with van der Waals surface area (Å²) in [5.74, 6) is -0.424. The third-order valence-electron chi connectivity index (χ3n) is 8.65. The molecule has 6 rings (SSSR count). The SMILES string of the molecule is O=C(NC1C[C@H]2CC[C@@H](C1)N2Cc1ccc2cc(F)ccc2c1)N1CCCN(C(=O)c2ccccc2O)CC1. The van der Waals surface area contributed by atoms with Crippen molar-refractivity contribution in [2.24, 2.45) is 0 Å². The van der Waals surface area contributed by atoms with Gasteiger partial charge in [0.05, 0.1) is 5.56 Å². The van der Waals surface area contributed by atoms with Crippen molar-refractivity contribution in [1.29, 1.82) is 0 Å². The van der Waals surface area contributed by atoms with E-state index >= 15 is 0 Å². The maximum atomic E-state index is 13.5. The monoisotopic (exact) mass is 530 g/mol. The highest BCUT2D eigenvalue weighted by molar-refractivity contribution is 5.96. The van der Waals surface area contributed by atoms with Gasteiger partial charge in [-0.15, -0.1) is 0 Å². The Morgan fingerprint density at radius 3 is 2.36 bits per heavy atom. The highest BCUT2D eigenvalue weighted by Gasteiger charge is 2.41. The molecule has 3 amide bonds. The number of nitrogens with zero attached hydrogens (tertiary/aromatic N) is 3. The average Bonchev–Trinajstić information content (AvgIpc) is 3.10. The highest BCUT2D eigenvalue weighted by atomic mass is 19.1. The van der Waals surface area contributed by atoms with Gasteiger partial charge in [0.2, 0.25) is 0 Å². The number of carbonyl (C=O) groups excluding carboxylic acids is 2. The second-order valence-corrected chi connectivity index (χ2v) is 11.2. The highest BCUT2D eigenvalue weighted by Crippen LogP contribution is 2.37. The number of hydrogen-bond acceptors (Lipinski definition) is 4. The summed E-state index contributed by atoms with van der Waals surface area (Å²) >= 11 is 0. The van der Waals surface area contributed by atoms with E-state index in [4.69, 9.17) is 0 Å². The molecule has 0 aliphatic carbocycles. The number of hydrogen-bond donors (Lipinski definition) is 2. The van der Waals surface area contributed by atoms with Gasteiger partial charge in [-0.2, -0.15) is 0 Å². The number of halogens is 1. The lowest BCUT2D eigenvalue weighted by atomic mass is 9.96. The van der Waals surface area contributed by atoms with Crippen molar-refractivity contribution in [3.05, 3.63) is 77.6 Å². The molecular formula is C31H35FN4O3. The molecule has 3 atom stereocenters. The number of carbonyl (C=O) groups is 2. The van der Waals surface area contributed by atoms with Gasteiger partial charge < -0.3 is 20.2 Å². The van der Waals surface area contributed by atoms with Gasteiger partial charge in [0.15, 0.2) is 0 Å². The molecule has 2 N–H and O–H groups in total. The quantitative estimate of drug-likeness (QED) is 0.511. The topological polar surface area (TPSA) is 76.1 Å². The third kappa shape index (κ3) is 5.43. The summed E-state index contributed by atoms with van der Waals surface area (Å²) in [6.45, 7) is 2.96. The smallest absolute Gasteiger partial charge is 0.317 e. The number of urea groups is 1. The summed E-state index contributed by atoms with van der Waals surface area (Å²) in [4.78, 5) is 32.3. The van der Waals surface area contributed by atoms with Crippen molar-refractivity contribution in [1.82, 2.24) is 20.0 Å². The molecule has 7 nitrogen and oxygen atoms in total. The molecule has 0 spiro atoms. The molecule has 39 heavy (non-hydrogen) atoms. The van der Waals surface area contributed by atoms with Gasteiger partial charge in [-0.25, -0.2) is 9.18 Å². The molecule has 1 unspecified atom stereocenters. The lowest BCUT2D eigenvalue weighted by Gasteiger charge is -2.39. The summed E-state index contributed by atoms with van der Waals surface area (Å²) in [5, 5.41) is 15.3. The summed E-state index contributed by atoms with van der Waals surface area (Å²) in [6, 6.07) is 18.8. The Kier molecular flexibility index (Phi) is 7.12. The van der Waals surface area contributed by atoms with E-state index < -0.39 is 0 Å². The molecule has 3 aromatic carbocycles. The van der Waals surface area contributed by atoms with E-state index in [1.54, 1.807) is 29.2 Å². The molecule has 2 bridgehead atoms. The number of rotatable bonds is 4. The van der Waals surface area contributed by atoms with Crippen molar-refractivity contribution >= 4 is 22.7 Å². The Morgan fingerprint density at radius 2 is 1.56 bits per heavy atom. The number of benzene rings is 3. The fraction of sp³-hybridized carbons (Fsp3) is 0.419. The van der Waals surface area contributed by atoms with Gasteiger partial charge in [0.25, 0.3) is 5.91 Å². The first-order valence-electron chi connectivity index (χ1n) is 14.0. The minimum atomic E-state index is -0.212. The molecule has 3 aliphatic heterocycles. The van der Waals surface area contributed by atoms with Crippen LogP contribution in [0, 0.1) is 5.82 Å². The van der Waals surface area contributed by atoms with Crippen LogP contribution in [0.4, 0.5) is 9.18 Å². The van der Waals surface area contributed by atoms with E-state index in [0.29, 0.717) is 50.2 Å². The number of phenols is 1. The maximum Gasteiger partial charge on any atom is 0.317 e. The van der Waals surface area contributed by atoms with Crippen molar-refractivity contribution in [2.75, 3.05) is 26.2 Å². The molecule has 3 saturated heterocycles. The summed E-state index contributed by atoms with van der Waals surface area (Å²) in [6.07, 6.45) is 4.86. The second-order valence-electron chi connectivity index (χ2n) is 11.2. The van der Waals surface area contributed by atoms with Gasteiger partial charge in [-0.1, -0.05) is 30.3 Å². The predicted molar refractivity (Wildman–Crippen MR) is 148 cm³/mol. The average molecular weight is 531 g/mol. The van der Waals surface area contributed by atoms with Crippen molar-refractivity contribution in [3.63, 3.8) is 0 Å². The van der Waals surface area contributed by atoms with Gasteiger partial charge in [-0.05, 0) is 78.8 Å². The van der Waals surface area contributed by atoms with Crippen LogP contribution in [0.2, 0.25) is 0 Å². The molecule has 204 valence electrons. The number of aromatic hydroxyl groups is 1. The van der Waals surface area contributed by atoms with Crippen LogP contribution in [0.5, 0.6) is 5.75 Å². The van der Waals surface area contributed by atoms with Crippen LogP contribution in [-0.4, -0.2) is 76.0 Å². The zero-order valence-electron chi connectivity index (χ0n) is 22.1. The van der Waals surface area contributed by atoms with E-state index in [2.05, 4.69) is 22.3 Å². The lowest BCUT2D eigenvalue weighted by Crippen LogP contribution is -2.53. The van der Waals surface area contributed by atoms with E-state index in [0.717, 1.165) is 43.0 Å². The Labute approximate surface area is 228 Å². The van der Waals surface area contributed by atoms with Crippen LogP contribution < -0.4 is 5.32 Å². The van der Waals surface area contributed by atoms with Gasteiger partial charge >= 0.3 is 6.03 Å². The number of piperidine rings is 1. The van der Waals surface area contributed by atoms with E-state index in [1.807, 2.05) is 17.0 Å². The van der Waals surface area contributed by atoms with E-state index in [9.17, 15) is 19.1 Å². The zero-order valence-corrected chi connectivity index (χ0v) is 22.1. The first-order valence-corrected chi connectivity index (χ1v) is 14.0. The Morgan fingerprint density at radius 1 is 0.872 bits per heavy atom. The maximum absolute atomic E-state index is 13.5. The second kappa shape index (κ2) is 10.8. The van der Waals surface area contributed by atoms with Crippen LogP contribution in [-0.2, 0) is 6.54 Å². The van der Waals surface area contributed by atoms with Crippen molar-refractivity contribution in [2.45, 2.75) is 56.8 Å². The zero-order chi connectivity index (χ0) is 26.9. The molecule has 0 aromatic heterocycles. The van der Waals surface area contributed by atoms with E-state index in [-0.39, 0.29) is 29.5 Å². The molecule has 3 aromatic rings. The molecule has 8 heteroatoms. The first kappa shape index (κ1) is 25.6. The molecule has 3 aliphatic rings. The minimum Gasteiger partial charge on any atom is -0.507 e.